The zero-order valence-corrected chi connectivity index (χ0v) is 69.8. The van der Waals surface area contributed by atoms with E-state index in [1.807, 2.05) is 0 Å². The fourth-order valence-electron chi connectivity index (χ4n) is 11.9. The van der Waals surface area contributed by atoms with Crippen molar-refractivity contribution in [1.82, 2.24) is 0 Å². The van der Waals surface area contributed by atoms with E-state index in [2.05, 4.69) is 130 Å². The Morgan fingerprint density at radius 3 is 0.804 bits per heavy atom. The molecule has 0 spiro atoms. The summed E-state index contributed by atoms with van der Waals surface area (Å²) in [5.41, 5.74) is 0. The third-order valence-corrected chi connectivity index (χ3v) is 20.4. The van der Waals surface area contributed by atoms with Gasteiger partial charge in [-0.3, -0.25) is 32.5 Å². The van der Waals surface area contributed by atoms with E-state index in [-0.39, 0.29) is 19.3 Å². The van der Waals surface area contributed by atoms with Crippen LogP contribution in [0.1, 0.15) is 380 Å². The highest BCUT2D eigenvalue weighted by Crippen LogP contribution is 2.45. The SMILES string of the molecule is CC/C=C\C/C=C\C/C=C\C/C=C\C/C=C\CCCCCCCCCCCCCCCCCCCC(=O)OCC(O)COP(=O)(O)OCC(O)COP(=O)(O)OCC(COC(=O)CCCCCCCCC/C=C\C/C=C\C/C=C\C/C=C\CCCCC)OC(=O)CCCCCCCCCCCCCCCCC. The molecule has 0 aromatic carbocycles. The Hall–Kier alpha value is -3.79. The molecule has 620 valence electrons. The lowest BCUT2D eigenvalue weighted by molar-refractivity contribution is -0.161. The third-order valence-electron chi connectivity index (χ3n) is 18.5. The van der Waals surface area contributed by atoms with Crippen LogP contribution in [-0.4, -0.2) is 95.9 Å². The molecule has 5 atom stereocenters. The minimum absolute atomic E-state index is 0.106. The molecule has 0 radical (unpaired) electrons. The summed E-state index contributed by atoms with van der Waals surface area (Å²) in [7, 11) is -9.79. The summed E-state index contributed by atoms with van der Waals surface area (Å²) < 4.78 is 61.3. The zero-order chi connectivity index (χ0) is 78.0. The second-order valence-electron chi connectivity index (χ2n) is 29.0. The number of allylic oxidation sites excluding steroid dienone is 18. The first-order chi connectivity index (χ1) is 52.2. The smallest absolute Gasteiger partial charge is 0.463 e. The van der Waals surface area contributed by atoms with Gasteiger partial charge in [0.15, 0.2) is 6.10 Å². The van der Waals surface area contributed by atoms with Gasteiger partial charge in [-0.25, -0.2) is 9.13 Å². The number of hydrogen-bond donors (Lipinski definition) is 4. The standard InChI is InChI=1S/C89H158O16P2/c1-4-7-10-13-16-19-22-25-28-30-32-34-36-37-38-39-40-41-42-43-44-45-47-49-50-52-55-57-60-63-66-69-72-75-87(92)99-78-84(90)79-101-106(95,96)102-80-85(91)81-103-107(97,98)104-83-86(105-89(94)77-74-71-68-65-62-59-54-27-24-21-18-15-12-9-6-3)82-100-88(93)76-73-70-67-64-61-58-56-53-51-48-46-35-33-31-29-26-23-20-17-14-11-8-5-2/h7,10,16-17,19-20,25-26,28-29,32-35,37-38,48,51,84-86,90-91H,4-6,8-9,11-15,18,21-24,27,30-31,36,39-47,49-50,52-83H2,1-3H3,(H,95,96)(H,97,98)/b10-7-,19-16-,20-17-,28-25-,29-26-,34-32-,35-33-,38-37-,51-48-. The average molecular weight is 1550 g/mol. The van der Waals surface area contributed by atoms with E-state index in [9.17, 15) is 43.5 Å². The first-order valence-electron chi connectivity index (χ1n) is 43.2. The molecule has 0 aromatic heterocycles. The maximum absolute atomic E-state index is 13.0. The van der Waals surface area contributed by atoms with Crippen LogP contribution >= 0.6 is 15.6 Å². The molecule has 0 aliphatic heterocycles. The number of rotatable bonds is 82. The monoisotopic (exact) mass is 1550 g/mol. The van der Waals surface area contributed by atoms with Crippen LogP contribution in [0.2, 0.25) is 0 Å². The molecule has 0 bridgehead atoms. The van der Waals surface area contributed by atoms with Gasteiger partial charge >= 0.3 is 33.6 Å². The maximum atomic E-state index is 13.0. The number of aliphatic hydroxyl groups is 2. The minimum atomic E-state index is -4.93. The van der Waals surface area contributed by atoms with Crippen molar-refractivity contribution in [2.75, 3.05) is 39.6 Å². The largest absolute Gasteiger partial charge is 0.472 e. The van der Waals surface area contributed by atoms with Crippen molar-refractivity contribution >= 4 is 33.6 Å². The molecule has 0 saturated heterocycles. The van der Waals surface area contributed by atoms with Gasteiger partial charge in [-0.2, -0.15) is 0 Å². The van der Waals surface area contributed by atoms with Gasteiger partial charge in [0, 0.05) is 19.3 Å². The van der Waals surface area contributed by atoms with Gasteiger partial charge in [-0.05, 0) is 109 Å². The normalized spacial score (nSPS) is 14.4. The second kappa shape index (κ2) is 81.7. The molecule has 0 aliphatic carbocycles. The molecule has 16 nitrogen and oxygen atoms in total. The zero-order valence-electron chi connectivity index (χ0n) is 68.0. The summed E-state index contributed by atoms with van der Waals surface area (Å²) in [4.78, 5) is 58.8. The number of esters is 3. The molecule has 0 heterocycles. The first kappa shape index (κ1) is 103. The van der Waals surface area contributed by atoms with Gasteiger partial charge in [-0.1, -0.05) is 361 Å². The lowest BCUT2D eigenvalue weighted by Crippen LogP contribution is -2.30. The summed E-state index contributed by atoms with van der Waals surface area (Å²) in [5, 5.41) is 20.7. The lowest BCUT2D eigenvalue weighted by Gasteiger charge is -2.21. The molecule has 0 rings (SSSR count). The summed E-state index contributed by atoms with van der Waals surface area (Å²) in [6, 6.07) is 0. The summed E-state index contributed by atoms with van der Waals surface area (Å²) >= 11 is 0. The molecule has 5 unspecified atom stereocenters. The Labute approximate surface area is 653 Å². The number of aliphatic hydroxyl groups excluding tert-OH is 2. The highest BCUT2D eigenvalue weighted by atomic mass is 31.2. The van der Waals surface area contributed by atoms with E-state index in [0.717, 1.165) is 141 Å². The quantitative estimate of drug-likeness (QED) is 0.0146. The molecule has 0 amide bonds. The predicted molar refractivity (Wildman–Crippen MR) is 445 cm³/mol. The van der Waals surface area contributed by atoms with Crippen LogP contribution in [0.3, 0.4) is 0 Å². The van der Waals surface area contributed by atoms with Crippen molar-refractivity contribution in [3.8, 4) is 0 Å². The highest BCUT2D eigenvalue weighted by molar-refractivity contribution is 7.47. The molecular formula is C89H158O16P2. The van der Waals surface area contributed by atoms with E-state index in [1.165, 1.54) is 180 Å². The van der Waals surface area contributed by atoms with E-state index >= 15 is 0 Å². The minimum Gasteiger partial charge on any atom is -0.463 e. The van der Waals surface area contributed by atoms with E-state index in [0.29, 0.717) is 19.3 Å². The van der Waals surface area contributed by atoms with Crippen LogP contribution in [0.25, 0.3) is 0 Å². The number of unbranched alkanes of at least 4 members (excludes halogenated alkanes) is 41. The molecule has 0 aromatic rings. The fraction of sp³-hybridized carbons (Fsp3) is 0.764. The van der Waals surface area contributed by atoms with Gasteiger partial charge in [0.05, 0.1) is 26.4 Å². The van der Waals surface area contributed by atoms with Crippen LogP contribution in [0, 0.1) is 0 Å². The summed E-state index contributed by atoms with van der Waals surface area (Å²) in [5.74, 6) is -1.57. The molecule has 4 N–H and O–H groups in total. The van der Waals surface area contributed by atoms with Crippen LogP contribution in [-0.2, 0) is 55.8 Å². The number of phosphoric ester groups is 2. The van der Waals surface area contributed by atoms with Gasteiger partial charge in [0.1, 0.15) is 25.4 Å². The van der Waals surface area contributed by atoms with Crippen LogP contribution in [0.5, 0.6) is 0 Å². The molecule has 0 aliphatic rings. The molecule has 107 heavy (non-hydrogen) atoms. The van der Waals surface area contributed by atoms with E-state index < -0.39 is 91.5 Å². The highest BCUT2D eigenvalue weighted by Gasteiger charge is 2.29. The number of ether oxygens (including phenoxy) is 3. The average Bonchev–Trinajstić information content (AvgIpc) is 0.908. The Balaban J connectivity index is 4.45. The Morgan fingerprint density at radius 2 is 0.495 bits per heavy atom. The van der Waals surface area contributed by atoms with Gasteiger partial charge in [-0.15, -0.1) is 0 Å². The number of phosphoric acid groups is 2. The molecule has 0 saturated carbocycles. The van der Waals surface area contributed by atoms with Crippen LogP contribution < -0.4 is 0 Å². The molecular weight excluding hydrogens is 1390 g/mol. The van der Waals surface area contributed by atoms with Gasteiger partial charge in [0.25, 0.3) is 0 Å². The number of carbonyl (C=O) groups is 3. The lowest BCUT2D eigenvalue weighted by atomic mass is 10.0. The predicted octanol–water partition coefficient (Wildman–Crippen LogP) is 25.9. The maximum Gasteiger partial charge on any atom is 0.472 e. The number of hydrogen-bond acceptors (Lipinski definition) is 14. The van der Waals surface area contributed by atoms with E-state index in [4.69, 9.17) is 32.3 Å². The van der Waals surface area contributed by atoms with Crippen molar-refractivity contribution in [2.24, 2.45) is 0 Å². The Bertz CT molecular complexity index is 2380. The van der Waals surface area contributed by atoms with Crippen molar-refractivity contribution in [3.05, 3.63) is 109 Å². The van der Waals surface area contributed by atoms with Crippen molar-refractivity contribution < 1.29 is 75.8 Å². The van der Waals surface area contributed by atoms with Crippen LogP contribution in [0.4, 0.5) is 0 Å². The molecule has 18 heteroatoms. The summed E-state index contributed by atoms with van der Waals surface area (Å²) in [6.45, 7) is 2.59. The first-order valence-corrected chi connectivity index (χ1v) is 46.2. The van der Waals surface area contributed by atoms with Crippen LogP contribution in [0.15, 0.2) is 109 Å². The number of carbonyl (C=O) groups excluding carboxylic acids is 3. The Kier molecular flexibility index (Phi) is 78.8. The third kappa shape index (κ3) is 83.0. The van der Waals surface area contributed by atoms with E-state index in [1.54, 1.807) is 0 Å². The van der Waals surface area contributed by atoms with Gasteiger partial charge < -0.3 is 34.2 Å². The second-order valence-corrected chi connectivity index (χ2v) is 31.9. The van der Waals surface area contributed by atoms with Crippen molar-refractivity contribution in [2.45, 2.75) is 399 Å². The Morgan fingerprint density at radius 1 is 0.271 bits per heavy atom. The van der Waals surface area contributed by atoms with Crippen molar-refractivity contribution in [3.63, 3.8) is 0 Å². The van der Waals surface area contributed by atoms with Gasteiger partial charge in [0.2, 0.25) is 0 Å². The summed E-state index contributed by atoms with van der Waals surface area (Å²) in [6.07, 6.45) is 97.1. The fourth-order valence-corrected chi connectivity index (χ4v) is 13.5. The van der Waals surface area contributed by atoms with Crippen molar-refractivity contribution in [1.29, 1.82) is 0 Å². The molecule has 0 fully saturated rings. The topological polar surface area (TPSA) is 231 Å².